The molecule has 4 heteroatoms. The number of nitrogens with zero attached hydrogens (tertiary/aromatic N) is 1. The summed E-state index contributed by atoms with van der Waals surface area (Å²) in [6.07, 6.45) is 2.17. The molecule has 0 spiro atoms. The third-order valence-electron chi connectivity index (χ3n) is 4.74. The maximum absolute atomic E-state index is 13.3. The predicted molar refractivity (Wildman–Crippen MR) is 105 cm³/mol. The Bertz CT molecular complexity index is 654. The predicted octanol–water partition coefficient (Wildman–Crippen LogP) is 3.98. The van der Waals surface area contributed by atoms with Gasteiger partial charge in [0.05, 0.1) is 0 Å². The minimum atomic E-state index is -0.176. The molecule has 2 aromatic carbocycles. The minimum absolute atomic E-state index is 0.176. The second-order valence-electron chi connectivity index (χ2n) is 6.55. The molecular weight excluding hydrogens is 328 g/mol. The van der Waals surface area contributed by atoms with Crippen molar-refractivity contribution in [3.8, 4) is 0 Å². The molecule has 3 nitrogen and oxygen atoms in total. The number of nitrogens with one attached hydrogen (secondary N) is 1. The summed E-state index contributed by atoms with van der Waals surface area (Å²) >= 11 is 1.65. The summed E-state index contributed by atoms with van der Waals surface area (Å²) in [5, 5.41) is 3.08. The highest BCUT2D eigenvalue weighted by atomic mass is 32.2. The van der Waals surface area contributed by atoms with Crippen molar-refractivity contribution in [3.05, 3.63) is 66.2 Å². The van der Waals surface area contributed by atoms with E-state index in [1.165, 1.54) is 0 Å². The Labute approximate surface area is 154 Å². The van der Waals surface area contributed by atoms with E-state index >= 15 is 0 Å². The standard InChI is InChI=1S/C21H26N2OS/c1-22-16-17-12-14-23(15-13-17)21(24)20(18-8-4-2-5-9-18)25-19-10-6-3-7-11-19/h2-11,17,20,22H,12-16H2,1H3. The van der Waals surface area contributed by atoms with Crippen molar-refractivity contribution in [3.63, 3.8) is 0 Å². The van der Waals surface area contributed by atoms with Gasteiger partial charge in [0.1, 0.15) is 5.25 Å². The van der Waals surface area contributed by atoms with E-state index in [0.29, 0.717) is 5.92 Å². The lowest BCUT2D eigenvalue weighted by molar-refractivity contribution is -0.132. The fourth-order valence-corrected chi connectivity index (χ4v) is 4.47. The lowest BCUT2D eigenvalue weighted by Gasteiger charge is -2.34. The number of piperidine rings is 1. The number of carbonyl (C=O) groups is 1. The summed E-state index contributed by atoms with van der Waals surface area (Å²) < 4.78 is 0. The topological polar surface area (TPSA) is 32.3 Å². The second-order valence-corrected chi connectivity index (χ2v) is 7.73. The summed E-state index contributed by atoms with van der Waals surface area (Å²) in [5.41, 5.74) is 1.08. The van der Waals surface area contributed by atoms with Crippen LogP contribution in [0.4, 0.5) is 0 Å². The number of thioether (sulfide) groups is 1. The van der Waals surface area contributed by atoms with Gasteiger partial charge in [-0.15, -0.1) is 11.8 Å². The molecule has 1 unspecified atom stereocenters. The lowest BCUT2D eigenvalue weighted by Crippen LogP contribution is -2.42. The monoisotopic (exact) mass is 354 g/mol. The molecule has 25 heavy (non-hydrogen) atoms. The van der Waals surface area contributed by atoms with Gasteiger partial charge >= 0.3 is 0 Å². The van der Waals surface area contributed by atoms with Crippen LogP contribution in [0.15, 0.2) is 65.6 Å². The van der Waals surface area contributed by atoms with Crippen LogP contribution in [0.3, 0.4) is 0 Å². The first kappa shape index (κ1) is 18.0. The normalized spacial score (nSPS) is 16.6. The quantitative estimate of drug-likeness (QED) is 0.797. The van der Waals surface area contributed by atoms with Crippen molar-refractivity contribution in [2.45, 2.75) is 23.0 Å². The third kappa shape index (κ3) is 4.86. The van der Waals surface area contributed by atoms with Gasteiger partial charge in [0.25, 0.3) is 0 Å². The lowest BCUT2D eigenvalue weighted by atomic mass is 9.96. The highest BCUT2D eigenvalue weighted by molar-refractivity contribution is 8.00. The van der Waals surface area contributed by atoms with Gasteiger partial charge < -0.3 is 10.2 Å². The first-order valence-corrected chi connectivity index (χ1v) is 9.86. The highest BCUT2D eigenvalue weighted by Crippen LogP contribution is 2.37. The Morgan fingerprint density at radius 3 is 2.28 bits per heavy atom. The molecule has 1 N–H and O–H groups in total. The van der Waals surface area contributed by atoms with E-state index in [-0.39, 0.29) is 11.2 Å². The summed E-state index contributed by atoms with van der Waals surface area (Å²) in [6, 6.07) is 20.4. The zero-order valence-electron chi connectivity index (χ0n) is 14.7. The fourth-order valence-electron chi connectivity index (χ4n) is 3.34. The van der Waals surface area contributed by atoms with Gasteiger partial charge in [0.2, 0.25) is 5.91 Å². The van der Waals surface area contributed by atoms with Gasteiger partial charge in [-0.1, -0.05) is 48.5 Å². The molecule has 3 rings (SSSR count). The van der Waals surface area contributed by atoms with Crippen LogP contribution in [0.1, 0.15) is 23.7 Å². The number of rotatable bonds is 6. The van der Waals surface area contributed by atoms with Crippen molar-refractivity contribution >= 4 is 17.7 Å². The SMILES string of the molecule is CNCC1CCN(C(=O)C(Sc2ccccc2)c2ccccc2)CC1. The summed E-state index contributed by atoms with van der Waals surface area (Å²) in [6.45, 7) is 2.77. The number of carbonyl (C=O) groups excluding carboxylic acids is 1. The van der Waals surface area contributed by atoms with Gasteiger partial charge in [-0.3, -0.25) is 4.79 Å². The molecule has 1 heterocycles. The van der Waals surface area contributed by atoms with Gasteiger partial charge in [-0.25, -0.2) is 0 Å². The maximum atomic E-state index is 13.3. The Morgan fingerprint density at radius 2 is 1.68 bits per heavy atom. The molecule has 0 aromatic heterocycles. The van der Waals surface area contributed by atoms with Crippen LogP contribution >= 0.6 is 11.8 Å². The number of likely N-dealkylation sites (tertiary alicyclic amines) is 1. The molecule has 0 saturated carbocycles. The first-order valence-electron chi connectivity index (χ1n) is 8.98. The molecule has 1 saturated heterocycles. The fraction of sp³-hybridized carbons (Fsp3) is 0.381. The first-order chi connectivity index (χ1) is 12.3. The van der Waals surface area contributed by atoms with Crippen LogP contribution in [-0.2, 0) is 4.79 Å². The average Bonchev–Trinajstić information content (AvgIpc) is 2.68. The van der Waals surface area contributed by atoms with Crippen LogP contribution in [0.2, 0.25) is 0 Å². The summed E-state index contributed by atoms with van der Waals surface area (Å²) in [4.78, 5) is 16.4. The van der Waals surface area contributed by atoms with Gasteiger partial charge in [0.15, 0.2) is 0 Å². The van der Waals surface area contributed by atoms with Crippen LogP contribution in [0.25, 0.3) is 0 Å². The molecule has 132 valence electrons. The van der Waals surface area contributed by atoms with Crippen molar-refractivity contribution in [1.29, 1.82) is 0 Å². The molecule has 1 aliphatic rings. The molecule has 1 amide bonds. The van der Waals surface area contributed by atoms with E-state index in [1.807, 2.05) is 43.4 Å². The zero-order chi connectivity index (χ0) is 17.5. The van der Waals surface area contributed by atoms with Gasteiger partial charge in [-0.2, -0.15) is 0 Å². The number of amides is 1. The molecule has 0 bridgehead atoms. The van der Waals surface area contributed by atoms with E-state index in [9.17, 15) is 4.79 Å². The van der Waals surface area contributed by atoms with E-state index in [0.717, 1.165) is 42.9 Å². The molecule has 1 fully saturated rings. The number of hydrogen-bond acceptors (Lipinski definition) is 3. The summed E-state index contributed by atoms with van der Waals surface area (Å²) in [7, 11) is 2.00. The van der Waals surface area contributed by atoms with Crippen molar-refractivity contribution in [1.82, 2.24) is 10.2 Å². The van der Waals surface area contributed by atoms with E-state index in [1.54, 1.807) is 11.8 Å². The van der Waals surface area contributed by atoms with E-state index in [2.05, 4.69) is 34.5 Å². The Balaban J connectivity index is 1.74. The number of benzene rings is 2. The van der Waals surface area contributed by atoms with Gasteiger partial charge in [0, 0.05) is 18.0 Å². The van der Waals surface area contributed by atoms with Gasteiger partial charge in [-0.05, 0) is 50.0 Å². The molecule has 1 aliphatic heterocycles. The zero-order valence-corrected chi connectivity index (χ0v) is 15.5. The van der Waals surface area contributed by atoms with E-state index < -0.39 is 0 Å². The largest absolute Gasteiger partial charge is 0.341 e. The Morgan fingerprint density at radius 1 is 1.08 bits per heavy atom. The van der Waals surface area contributed by atoms with E-state index in [4.69, 9.17) is 0 Å². The maximum Gasteiger partial charge on any atom is 0.240 e. The van der Waals surface area contributed by atoms with Crippen molar-refractivity contribution in [2.24, 2.45) is 5.92 Å². The third-order valence-corrected chi connectivity index (χ3v) is 6.00. The molecule has 1 atom stereocenters. The molecule has 2 aromatic rings. The number of hydrogen-bond donors (Lipinski definition) is 1. The Hall–Kier alpha value is -1.78. The van der Waals surface area contributed by atoms with Crippen LogP contribution in [0.5, 0.6) is 0 Å². The smallest absolute Gasteiger partial charge is 0.240 e. The Kier molecular flexibility index (Phi) is 6.54. The molecule has 0 aliphatic carbocycles. The van der Waals surface area contributed by atoms with Crippen molar-refractivity contribution in [2.75, 3.05) is 26.7 Å². The summed E-state index contributed by atoms with van der Waals surface area (Å²) in [5.74, 6) is 0.925. The van der Waals surface area contributed by atoms with Crippen LogP contribution < -0.4 is 5.32 Å². The molecule has 0 radical (unpaired) electrons. The average molecular weight is 355 g/mol. The van der Waals surface area contributed by atoms with Crippen molar-refractivity contribution < 1.29 is 4.79 Å². The minimum Gasteiger partial charge on any atom is -0.341 e. The second kappa shape index (κ2) is 9.07. The van der Waals surface area contributed by atoms with Crippen LogP contribution in [0, 0.1) is 5.92 Å². The molecular formula is C21H26N2OS. The van der Waals surface area contributed by atoms with Crippen LogP contribution in [-0.4, -0.2) is 37.5 Å². The highest BCUT2D eigenvalue weighted by Gasteiger charge is 2.29.